The molecule has 1 aliphatic rings. The first kappa shape index (κ1) is 17.3. The van der Waals surface area contributed by atoms with Crippen LogP contribution >= 0.6 is 0 Å². The largest absolute Gasteiger partial charge is 0.334 e. The third-order valence-corrected chi connectivity index (χ3v) is 4.19. The SMILES string of the molecule is CN(C)Cc1cc(CNC(=O)N[C@H]2CCc3ncnn3C2)ccc1F. The molecule has 134 valence electrons. The molecule has 2 aromatic rings. The van der Waals surface area contributed by atoms with Gasteiger partial charge in [-0.3, -0.25) is 0 Å². The van der Waals surface area contributed by atoms with Crippen molar-refractivity contribution in [3.63, 3.8) is 0 Å². The van der Waals surface area contributed by atoms with Gasteiger partial charge < -0.3 is 15.5 Å². The van der Waals surface area contributed by atoms with Gasteiger partial charge in [0.05, 0.1) is 12.6 Å². The summed E-state index contributed by atoms with van der Waals surface area (Å²) in [6.07, 6.45) is 3.18. The van der Waals surface area contributed by atoms with Crippen molar-refractivity contribution in [2.75, 3.05) is 14.1 Å². The molecule has 7 nitrogen and oxygen atoms in total. The maximum absolute atomic E-state index is 13.8. The summed E-state index contributed by atoms with van der Waals surface area (Å²) in [4.78, 5) is 18.2. The Bertz CT molecular complexity index is 744. The maximum Gasteiger partial charge on any atom is 0.315 e. The lowest BCUT2D eigenvalue weighted by Crippen LogP contribution is -2.45. The van der Waals surface area contributed by atoms with Crippen molar-refractivity contribution in [3.05, 3.63) is 47.3 Å². The third kappa shape index (κ3) is 4.54. The van der Waals surface area contributed by atoms with E-state index in [0.29, 0.717) is 25.2 Å². The van der Waals surface area contributed by atoms with E-state index in [2.05, 4.69) is 20.7 Å². The van der Waals surface area contributed by atoms with Crippen LogP contribution in [0.4, 0.5) is 9.18 Å². The van der Waals surface area contributed by atoms with Gasteiger partial charge in [0.15, 0.2) is 0 Å². The molecule has 0 radical (unpaired) electrons. The van der Waals surface area contributed by atoms with E-state index >= 15 is 0 Å². The highest BCUT2D eigenvalue weighted by Gasteiger charge is 2.21. The molecule has 2 amide bonds. The number of halogens is 1. The first-order valence-corrected chi connectivity index (χ1v) is 8.34. The van der Waals surface area contributed by atoms with Gasteiger partial charge in [-0.15, -0.1) is 0 Å². The molecule has 1 aromatic heterocycles. The number of rotatable bonds is 5. The first-order valence-electron chi connectivity index (χ1n) is 8.34. The van der Waals surface area contributed by atoms with Crippen LogP contribution in [0.1, 0.15) is 23.4 Å². The van der Waals surface area contributed by atoms with E-state index in [1.807, 2.05) is 23.7 Å². The topological polar surface area (TPSA) is 75.1 Å². The van der Waals surface area contributed by atoms with E-state index in [1.54, 1.807) is 12.1 Å². The zero-order valence-corrected chi connectivity index (χ0v) is 14.5. The number of carbonyl (C=O) groups excluding carboxylic acids is 1. The molecule has 25 heavy (non-hydrogen) atoms. The second-order valence-corrected chi connectivity index (χ2v) is 6.58. The summed E-state index contributed by atoms with van der Waals surface area (Å²) < 4.78 is 15.6. The molecule has 0 spiro atoms. The van der Waals surface area contributed by atoms with Gasteiger partial charge in [0, 0.05) is 25.1 Å². The summed E-state index contributed by atoms with van der Waals surface area (Å²) in [5.74, 6) is 0.728. The van der Waals surface area contributed by atoms with E-state index in [1.165, 1.54) is 12.4 Å². The van der Waals surface area contributed by atoms with Crippen LogP contribution in [0.5, 0.6) is 0 Å². The van der Waals surface area contributed by atoms with E-state index in [0.717, 1.165) is 24.2 Å². The van der Waals surface area contributed by atoms with Crippen LogP contribution < -0.4 is 10.6 Å². The zero-order chi connectivity index (χ0) is 17.8. The summed E-state index contributed by atoms with van der Waals surface area (Å²) >= 11 is 0. The number of nitrogens with zero attached hydrogens (tertiary/aromatic N) is 4. The number of carbonyl (C=O) groups is 1. The van der Waals surface area contributed by atoms with Crippen molar-refractivity contribution < 1.29 is 9.18 Å². The first-order chi connectivity index (χ1) is 12.0. The van der Waals surface area contributed by atoms with Crippen molar-refractivity contribution >= 4 is 6.03 Å². The number of urea groups is 1. The molecule has 1 aliphatic heterocycles. The fourth-order valence-electron chi connectivity index (χ4n) is 2.97. The lowest BCUT2D eigenvalue weighted by molar-refractivity contribution is 0.231. The van der Waals surface area contributed by atoms with E-state index in [9.17, 15) is 9.18 Å². The number of aryl methyl sites for hydroxylation is 1. The molecular formula is C17H23FN6O. The van der Waals surface area contributed by atoms with Gasteiger partial charge in [-0.05, 0) is 38.2 Å². The van der Waals surface area contributed by atoms with Crippen LogP contribution in [0.3, 0.4) is 0 Å². The molecule has 0 bridgehead atoms. The monoisotopic (exact) mass is 346 g/mol. The quantitative estimate of drug-likeness (QED) is 0.856. The minimum absolute atomic E-state index is 0.0340. The molecule has 1 aromatic carbocycles. The van der Waals surface area contributed by atoms with Gasteiger partial charge >= 0.3 is 6.03 Å². The Morgan fingerprint density at radius 2 is 2.28 bits per heavy atom. The van der Waals surface area contributed by atoms with Crippen molar-refractivity contribution in [2.24, 2.45) is 0 Å². The molecule has 2 heterocycles. The Morgan fingerprint density at radius 3 is 3.08 bits per heavy atom. The van der Waals surface area contributed by atoms with Gasteiger partial charge in [0.25, 0.3) is 0 Å². The zero-order valence-electron chi connectivity index (χ0n) is 14.5. The minimum Gasteiger partial charge on any atom is -0.334 e. The molecule has 0 fully saturated rings. The molecule has 0 unspecified atom stereocenters. The summed E-state index contributed by atoms with van der Waals surface area (Å²) in [7, 11) is 3.78. The summed E-state index contributed by atoms with van der Waals surface area (Å²) in [6.45, 7) is 1.51. The second kappa shape index (κ2) is 7.60. The average Bonchev–Trinajstić information content (AvgIpc) is 3.03. The van der Waals surface area contributed by atoms with E-state index < -0.39 is 0 Å². The van der Waals surface area contributed by atoms with E-state index in [4.69, 9.17) is 0 Å². The summed E-state index contributed by atoms with van der Waals surface area (Å²) in [6, 6.07) is 4.73. The van der Waals surface area contributed by atoms with Crippen LogP contribution in [-0.4, -0.2) is 45.8 Å². The Morgan fingerprint density at radius 1 is 1.44 bits per heavy atom. The highest BCUT2D eigenvalue weighted by Crippen LogP contribution is 2.13. The van der Waals surface area contributed by atoms with Gasteiger partial charge in [-0.25, -0.2) is 18.9 Å². The molecule has 0 aliphatic carbocycles. The van der Waals surface area contributed by atoms with Crippen molar-refractivity contribution in [2.45, 2.75) is 38.5 Å². The summed E-state index contributed by atoms with van der Waals surface area (Å²) in [5.41, 5.74) is 1.49. The number of nitrogens with one attached hydrogen (secondary N) is 2. The Kier molecular flexibility index (Phi) is 5.28. The Labute approximate surface area is 146 Å². The number of hydrogen-bond donors (Lipinski definition) is 2. The number of fused-ring (bicyclic) bond motifs is 1. The van der Waals surface area contributed by atoms with Crippen LogP contribution in [0.15, 0.2) is 24.5 Å². The van der Waals surface area contributed by atoms with E-state index in [-0.39, 0.29) is 17.9 Å². The molecule has 8 heteroatoms. The lowest BCUT2D eigenvalue weighted by Gasteiger charge is -2.23. The molecule has 0 saturated carbocycles. The van der Waals surface area contributed by atoms with Crippen LogP contribution in [0.2, 0.25) is 0 Å². The Hall–Kier alpha value is -2.48. The smallest absolute Gasteiger partial charge is 0.315 e. The molecule has 2 N–H and O–H groups in total. The average molecular weight is 346 g/mol. The lowest BCUT2D eigenvalue weighted by atomic mass is 10.1. The van der Waals surface area contributed by atoms with Gasteiger partial charge in [0.2, 0.25) is 0 Å². The minimum atomic E-state index is -0.230. The predicted molar refractivity (Wildman–Crippen MR) is 91.3 cm³/mol. The number of aromatic nitrogens is 3. The fraction of sp³-hybridized carbons (Fsp3) is 0.471. The number of hydrogen-bond acceptors (Lipinski definition) is 4. The van der Waals surface area contributed by atoms with Crippen LogP contribution in [0.25, 0.3) is 0 Å². The Balaban J connectivity index is 1.51. The highest BCUT2D eigenvalue weighted by molar-refractivity contribution is 5.74. The third-order valence-electron chi connectivity index (χ3n) is 4.19. The van der Waals surface area contributed by atoms with Crippen molar-refractivity contribution in [1.82, 2.24) is 30.3 Å². The van der Waals surface area contributed by atoms with Crippen LogP contribution in [-0.2, 0) is 26.1 Å². The fourth-order valence-corrected chi connectivity index (χ4v) is 2.97. The predicted octanol–water partition coefficient (Wildman–Crippen LogP) is 1.29. The molecular weight excluding hydrogens is 323 g/mol. The standard InChI is InChI=1S/C17H23FN6O/c1-23(2)9-13-7-12(3-5-15(13)18)8-19-17(25)22-14-4-6-16-20-11-21-24(16)10-14/h3,5,7,11,14H,4,6,8-10H2,1-2H3,(H2,19,22,25)/t14-/m0/s1. The highest BCUT2D eigenvalue weighted by atomic mass is 19.1. The van der Waals surface area contributed by atoms with Crippen molar-refractivity contribution in [1.29, 1.82) is 0 Å². The maximum atomic E-state index is 13.8. The van der Waals surface area contributed by atoms with Gasteiger partial charge in [0.1, 0.15) is 18.0 Å². The number of amides is 2. The van der Waals surface area contributed by atoms with Gasteiger partial charge in [-0.2, -0.15) is 5.10 Å². The van der Waals surface area contributed by atoms with Crippen LogP contribution in [0, 0.1) is 5.82 Å². The normalized spacial score (nSPS) is 16.6. The molecule has 1 atom stereocenters. The number of benzene rings is 1. The molecule has 3 rings (SSSR count). The van der Waals surface area contributed by atoms with Crippen molar-refractivity contribution in [3.8, 4) is 0 Å². The molecule has 0 saturated heterocycles. The van der Waals surface area contributed by atoms with Gasteiger partial charge in [-0.1, -0.05) is 6.07 Å². The summed E-state index contributed by atoms with van der Waals surface area (Å²) in [5, 5.41) is 9.93. The second-order valence-electron chi connectivity index (χ2n) is 6.58.